The number of rotatable bonds is 4. The topological polar surface area (TPSA) is 76.3 Å². The fourth-order valence-electron chi connectivity index (χ4n) is 3.09. The van der Waals surface area contributed by atoms with Crippen molar-refractivity contribution >= 4 is 5.70 Å². The van der Waals surface area contributed by atoms with Crippen LogP contribution in [-0.2, 0) is 4.84 Å². The third-order valence-corrected chi connectivity index (χ3v) is 4.37. The molecule has 2 aromatic rings. The number of nitrogens with one attached hydrogen (secondary N) is 1. The largest absolute Gasteiger partial charge is 0.481 e. The van der Waals surface area contributed by atoms with Gasteiger partial charge in [-0.25, -0.2) is 0 Å². The van der Waals surface area contributed by atoms with E-state index < -0.39 is 5.60 Å². The molecule has 1 aromatic carbocycles. The summed E-state index contributed by atoms with van der Waals surface area (Å²) in [6.07, 6.45) is 1.70. The second kappa shape index (κ2) is 6.70. The molecule has 0 saturated carbocycles. The van der Waals surface area contributed by atoms with Gasteiger partial charge in [-0.3, -0.25) is 19.7 Å². The van der Waals surface area contributed by atoms with Crippen LogP contribution in [0.1, 0.15) is 37.5 Å². The first-order chi connectivity index (χ1) is 12.4. The van der Waals surface area contributed by atoms with Crippen molar-refractivity contribution in [1.82, 2.24) is 10.0 Å². The van der Waals surface area contributed by atoms with Crippen molar-refractivity contribution in [3.05, 3.63) is 69.3 Å². The smallest absolute Gasteiger partial charge is 0.255 e. The van der Waals surface area contributed by atoms with E-state index >= 15 is 0 Å². The Morgan fingerprint density at radius 2 is 2.08 bits per heavy atom. The van der Waals surface area contributed by atoms with E-state index in [2.05, 4.69) is 11.5 Å². The summed E-state index contributed by atoms with van der Waals surface area (Å²) in [5, 5.41) is 9.43. The van der Waals surface area contributed by atoms with E-state index in [0.29, 0.717) is 34.9 Å². The van der Waals surface area contributed by atoms with Crippen LogP contribution in [-0.4, -0.2) is 16.8 Å². The van der Waals surface area contributed by atoms with Crippen LogP contribution in [0.5, 0.6) is 5.75 Å². The Balaban J connectivity index is 2.41. The summed E-state index contributed by atoms with van der Waals surface area (Å²) in [4.78, 5) is 18.0. The predicted octanol–water partition coefficient (Wildman–Crippen LogP) is 2.96. The van der Waals surface area contributed by atoms with Gasteiger partial charge in [-0.2, -0.15) is 5.26 Å². The lowest BCUT2D eigenvalue weighted by atomic mass is 9.90. The van der Waals surface area contributed by atoms with Crippen molar-refractivity contribution in [3.8, 4) is 11.8 Å². The number of nitrogens with zero attached hydrogens (tertiary/aromatic N) is 2. The highest BCUT2D eigenvalue weighted by atomic mass is 16.6. The van der Waals surface area contributed by atoms with Gasteiger partial charge in [-0.05, 0) is 51.5 Å². The first-order valence-electron chi connectivity index (χ1n) is 8.44. The third kappa shape index (κ3) is 2.87. The molecule has 134 valence electrons. The zero-order valence-electron chi connectivity index (χ0n) is 15.3. The van der Waals surface area contributed by atoms with E-state index in [0.717, 1.165) is 5.56 Å². The second-order valence-electron chi connectivity index (χ2n) is 6.50. The lowest BCUT2D eigenvalue weighted by Gasteiger charge is -2.37. The predicted molar refractivity (Wildman–Crippen MR) is 98.4 cm³/mol. The highest BCUT2D eigenvalue weighted by Gasteiger charge is 2.38. The van der Waals surface area contributed by atoms with Crippen LogP contribution in [0.2, 0.25) is 0 Å². The first kappa shape index (κ1) is 17.8. The van der Waals surface area contributed by atoms with Gasteiger partial charge in [0.25, 0.3) is 5.56 Å². The van der Waals surface area contributed by atoms with Gasteiger partial charge in [-0.15, -0.1) is 0 Å². The molecule has 6 nitrogen and oxygen atoms in total. The fraction of sp³-hybridized carbons (Fsp3) is 0.300. The van der Waals surface area contributed by atoms with E-state index in [9.17, 15) is 10.1 Å². The zero-order chi connectivity index (χ0) is 18.9. The number of aromatic nitrogens is 1. The van der Waals surface area contributed by atoms with Crippen molar-refractivity contribution in [2.75, 3.05) is 6.61 Å². The van der Waals surface area contributed by atoms with Gasteiger partial charge in [0, 0.05) is 17.8 Å². The van der Waals surface area contributed by atoms with Crippen molar-refractivity contribution in [1.29, 1.82) is 5.26 Å². The Kier molecular flexibility index (Phi) is 4.58. The molecule has 1 N–H and O–H groups in total. The molecule has 0 unspecified atom stereocenters. The summed E-state index contributed by atoms with van der Waals surface area (Å²) in [6, 6.07) is 10.7. The molecule has 1 aromatic heterocycles. The zero-order valence-corrected chi connectivity index (χ0v) is 15.3. The van der Waals surface area contributed by atoms with Crippen molar-refractivity contribution in [2.45, 2.75) is 33.3 Å². The Hall–Kier alpha value is -3.04. The van der Waals surface area contributed by atoms with Gasteiger partial charge in [-0.1, -0.05) is 6.07 Å². The van der Waals surface area contributed by atoms with Crippen LogP contribution in [0.3, 0.4) is 0 Å². The lowest BCUT2D eigenvalue weighted by Crippen LogP contribution is -2.43. The van der Waals surface area contributed by atoms with Crippen LogP contribution < -0.4 is 15.8 Å². The van der Waals surface area contributed by atoms with E-state index in [4.69, 9.17) is 9.57 Å². The average Bonchev–Trinajstić information content (AvgIpc) is 2.60. The number of nitriles is 1. The molecule has 0 spiro atoms. The number of hydrogen-bond donors (Lipinski definition) is 1. The molecule has 26 heavy (non-hydrogen) atoms. The average molecular weight is 351 g/mol. The number of pyridine rings is 1. The SMILES string of the molecule is CCONC1=C(n2ccccc2=O)c2c(ccc(C#N)c2C)OC1(C)C. The molecule has 6 heteroatoms. The van der Waals surface area contributed by atoms with Gasteiger partial charge in [0.05, 0.1) is 23.9 Å². The minimum absolute atomic E-state index is 0.177. The minimum Gasteiger partial charge on any atom is -0.481 e. The molecular weight excluding hydrogens is 330 g/mol. The number of fused-ring (bicyclic) bond motifs is 1. The van der Waals surface area contributed by atoms with Crippen molar-refractivity contribution in [2.24, 2.45) is 0 Å². The summed E-state index contributed by atoms with van der Waals surface area (Å²) in [5.74, 6) is 0.624. The summed E-state index contributed by atoms with van der Waals surface area (Å²) in [5.41, 5.74) is 5.27. The number of hydroxylamine groups is 1. The first-order valence-corrected chi connectivity index (χ1v) is 8.44. The Morgan fingerprint density at radius 3 is 2.73 bits per heavy atom. The van der Waals surface area contributed by atoms with Gasteiger partial charge in [0.15, 0.2) is 0 Å². The Labute approximate surface area is 152 Å². The van der Waals surface area contributed by atoms with Crippen molar-refractivity contribution in [3.63, 3.8) is 0 Å². The molecule has 0 fully saturated rings. The monoisotopic (exact) mass is 351 g/mol. The number of hydrogen-bond acceptors (Lipinski definition) is 5. The third-order valence-electron chi connectivity index (χ3n) is 4.37. The van der Waals surface area contributed by atoms with Crippen LogP contribution in [0.25, 0.3) is 5.70 Å². The molecule has 0 atom stereocenters. The molecule has 0 amide bonds. The van der Waals surface area contributed by atoms with Gasteiger partial charge in [0.1, 0.15) is 17.0 Å². The molecule has 0 radical (unpaired) electrons. The normalized spacial score (nSPS) is 15.0. The maximum atomic E-state index is 12.6. The standard InChI is InChI=1S/C20H21N3O3/c1-5-25-22-19-18(23-11-7-6-8-16(23)24)17-13(2)14(12-21)9-10-15(17)26-20(19,3)4/h6-11,22H,5H2,1-4H3. The van der Waals surface area contributed by atoms with Gasteiger partial charge >= 0.3 is 0 Å². The van der Waals surface area contributed by atoms with Crippen LogP contribution in [0, 0.1) is 18.3 Å². The highest BCUT2D eigenvalue weighted by Crippen LogP contribution is 2.42. The fourth-order valence-corrected chi connectivity index (χ4v) is 3.09. The molecule has 2 heterocycles. The van der Waals surface area contributed by atoms with Gasteiger partial charge < -0.3 is 4.74 Å². The summed E-state index contributed by atoms with van der Waals surface area (Å²) >= 11 is 0. The quantitative estimate of drug-likeness (QED) is 0.857. The van der Waals surface area contributed by atoms with E-state index in [-0.39, 0.29) is 5.56 Å². The summed E-state index contributed by atoms with van der Waals surface area (Å²) in [6.45, 7) is 7.97. The number of ether oxygens (including phenoxy) is 1. The Bertz CT molecular complexity index is 981. The Morgan fingerprint density at radius 1 is 1.31 bits per heavy atom. The molecule has 0 saturated heterocycles. The van der Waals surface area contributed by atoms with E-state index in [1.54, 1.807) is 35.0 Å². The maximum absolute atomic E-state index is 12.6. The van der Waals surface area contributed by atoms with Crippen LogP contribution >= 0.6 is 0 Å². The highest BCUT2D eigenvalue weighted by molar-refractivity contribution is 5.79. The molecule has 0 bridgehead atoms. The summed E-state index contributed by atoms with van der Waals surface area (Å²) < 4.78 is 7.73. The van der Waals surface area contributed by atoms with E-state index in [1.165, 1.54) is 6.07 Å². The second-order valence-corrected chi connectivity index (χ2v) is 6.50. The number of benzene rings is 1. The van der Waals surface area contributed by atoms with Crippen LogP contribution in [0.4, 0.5) is 0 Å². The van der Waals surface area contributed by atoms with Crippen LogP contribution in [0.15, 0.2) is 47.0 Å². The van der Waals surface area contributed by atoms with Gasteiger partial charge in [0.2, 0.25) is 0 Å². The van der Waals surface area contributed by atoms with E-state index in [1.807, 2.05) is 27.7 Å². The van der Waals surface area contributed by atoms with Crippen molar-refractivity contribution < 1.29 is 9.57 Å². The molecule has 3 rings (SSSR count). The minimum atomic E-state index is -0.757. The molecular formula is C20H21N3O3. The molecule has 1 aliphatic heterocycles. The summed E-state index contributed by atoms with van der Waals surface area (Å²) in [7, 11) is 0. The molecule has 1 aliphatic rings. The lowest BCUT2D eigenvalue weighted by molar-refractivity contribution is 0.0334. The molecule has 0 aliphatic carbocycles. The maximum Gasteiger partial charge on any atom is 0.255 e.